The van der Waals surface area contributed by atoms with E-state index in [1.807, 2.05) is 18.2 Å². The van der Waals surface area contributed by atoms with E-state index in [2.05, 4.69) is 25.6 Å². The van der Waals surface area contributed by atoms with Gasteiger partial charge in [0.1, 0.15) is 11.5 Å². The number of carbonyl (C=O) groups is 2. The van der Waals surface area contributed by atoms with E-state index in [0.29, 0.717) is 17.9 Å². The van der Waals surface area contributed by atoms with E-state index in [1.165, 1.54) is 19.3 Å². The van der Waals surface area contributed by atoms with Crippen LogP contribution in [0.2, 0.25) is 0 Å². The summed E-state index contributed by atoms with van der Waals surface area (Å²) in [7, 11) is 0. The summed E-state index contributed by atoms with van der Waals surface area (Å²) < 4.78 is 0. The fraction of sp³-hybridized carbons (Fsp3) is 0.105. The molecule has 0 radical (unpaired) electrons. The zero-order chi connectivity index (χ0) is 18.4. The number of aromatic nitrogens is 3. The first kappa shape index (κ1) is 17.2. The maximum atomic E-state index is 12.1. The van der Waals surface area contributed by atoms with Crippen LogP contribution in [0.5, 0.6) is 0 Å². The SMILES string of the molecule is CC(=O)c1cccc(Nc2cnc(C(=O)NCc3cccnc3)cn2)c1. The van der Waals surface area contributed by atoms with Crippen LogP contribution in [0.1, 0.15) is 33.3 Å². The third-order valence-corrected chi connectivity index (χ3v) is 3.60. The van der Waals surface area contributed by atoms with Crippen molar-refractivity contribution in [3.63, 3.8) is 0 Å². The van der Waals surface area contributed by atoms with Crippen molar-refractivity contribution < 1.29 is 9.59 Å². The van der Waals surface area contributed by atoms with Crippen molar-refractivity contribution in [3.8, 4) is 0 Å². The minimum atomic E-state index is -0.313. The van der Waals surface area contributed by atoms with Crippen LogP contribution in [-0.2, 0) is 6.54 Å². The van der Waals surface area contributed by atoms with Crippen molar-refractivity contribution in [3.05, 3.63) is 78.0 Å². The molecule has 7 nitrogen and oxygen atoms in total. The first-order valence-electron chi connectivity index (χ1n) is 7.99. The molecule has 0 fully saturated rings. The highest BCUT2D eigenvalue weighted by Crippen LogP contribution is 2.15. The summed E-state index contributed by atoms with van der Waals surface area (Å²) in [5.41, 5.74) is 2.45. The van der Waals surface area contributed by atoms with Gasteiger partial charge in [-0.15, -0.1) is 0 Å². The lowest BCUT2D eigenvalue weighted by atomic mass is 10.1. The zero-order valence-corrected chi connectivity index (χ0v) is 14.1. The average Bonchev–Trinajstić information content (AvgIpc) is 2.68. The van der Waals surface area contributed by atoms with Gasteiger partial charge in [0.2, 0.25) is 0 Å². The summed E-state index contributed by atoms with van der Waals surface area (Å²) >= 11 is 0. The number of Topliss-reactive ketones (excluding diaryl/α,β-unsaturated/α-hetero) is 1. The van der Waals surface area contributed by atoms with Gasteiger partial charge in [-0.05, 0) is 30.7 Å². The van der Waals surface area contributed by atoms with Gasteiger partial charge in [0.15, 0.2) is 5.78 Å². The highest BCUT2D eigenvalue weighted by molar-refractivity contribution is 5.95. The number of nitrogens with one attached hydrogen (secondary N) is 2. The van der Waals surface area contributed by atoms with Gasteiger partial charge in [0.05, 0.1) is 12.4 Å². The minimum Gasteiger partial charge on any atom is -0.347 e. The Morgan fingerprint density at radius 3 is 2.62 bits per heavy atom. The van der Waals surface area contributed by atoms with Gasteiger partial charge in [-0.2, -0.15) is 0 Å². The van der Waals surface area contributed by atoms with Gasteiger partial charge < -0.3 is 10.6 Å². The number of pyridine rings is 1. The van der Waals surface area contributed by atoms with E-state index < -0.39 is 0 Å². The number of amides is 1. The molecule has 0 bridgehead atoms. The molecule has 2 aromatic heterocycles. The molecule has 0 unspecified atom stereocenters. The van der Waals surface area contributed by atoms with Crippen molar-refractivity contribution >= 4 is 23.2 Å². The van der Waals surface area contributed by atoms with Gasteiger partial charge in [0, 0.05) is 30.2 Å². The van der Waals surface area contributed by atoms with Crippen LogP contribution >= 0.6 is 0 Å². The van der Waals surface area contributed by atoms with Crippen molar-refractivity contribution in [2.75, 3.05) is 5.32 Å². The van der Waals surface area contributed by atoms with E-state index in [4.69, 9.17) is 0 Å². The molecule has 0 atom stereocenters. The van der Waals surface area contributed by atoms with E-state index in [0.717, 1.165) is 11.3 Å². The smallest absolute Gasteiger partial charge is 0.271 e. The molecule has 0 saturated heterocycles. The maximum absolute atomic E-state index is 12.1. The van der Waals surface area contributed by atoms with Crippen LogP contribution in [0.15, 0.2) is 61.2 Å². The van der Waals surface area contributed by atoms with Crippen molar-refractivity contribution in [1.29, 1.82) is 0 Å². The second-order valence-electron chi connectivity index (χ2n) is 5.59. The predicted octanol–water partition coefficient (Wildman–Crippen LogP) is 2.75. The standard InChI is InChI=1S/C19H17N5O2/c1-13(25)15-5-2-6-16(8-15)24-18-12-21-17(11-22-18)19(26)23-10-14-4-3-7-20-9-14/h2-9,11-12H,10H2,1H3,(H,22,24)(H,23,26). The Morgan fingerprint density at radius 2 is 1.92 bits per heavy atom. The summed E-state index contributed by atoms with van der Waals surface area (Å²) in [5, 5.41) is 5.82. The van der Waals surface area contributed by atoms with Crippen LogP contribution in [0.25, 0.3) is 0 Å². The molecule has 2 heterocycles. The van der Waals surface area contributed by atoms with Gasteiger partial charge >= 0.3 is 0 Å². The Bertz CT molecular complexity index is 911. The molecule has 0 aliphatic heterocycles. The minimum absolute atomic E-state index is 0.0135. The number of carbonyl (C=O) groups excluding carboxylic acids is 2. The fourth-order valence-corrected chi connectivity index (χ4v) is 2.25. The van der Waals surface area contributed by atoms with Gasteiger partial charge in [-0.1, -0.05) is 18.2 Å². The lowest BCUT2D eigenvalue weighted by Gasteiger charge is -2.07. The molecule has 1 amide bonds. The van der Waals surface area contributed by atoms with Crippen molar-refractivity contribution in [2.24, 2.45) is 0 Å². The third-order valence-electron chi connectivity index (χ3n) is 3.60. The Labute approximate surface area is 150 Å². The molecule has 2 N–H and O–H groups in total. The molecular weight excluding hydrogens is 330 g/mol. The lowest BCUT2D eigenvalue weighted by Crippen LogP contribution is -2.24. The number of hydrogen-bond donors (Lipinski definition) is 2. The molecular formula is C19H17N5O2. The molecule has 0 aliphatic carbocycles. The highest BCUT2D eigenvalue weighted by Gasteiger charge is 2.08. The third kappa shape index (κ3) is 4.47. The van der Waals surface area contributed by atoms with Crippen LogP contribution in [0.3, 0.4) is 0 Å². The Morgan fingerprint density at radius 1 is 1.04 bits per heavy atom. The Kier molecular flexibility index (Phi) is 5.28. The summed E-state index contributed by atoms with van der Waals surface area (Å²) in [4.78, 5) is 35.9. The van der Waals surface area contributed by atoms with Crippen LogP contribution in [0, 0.1) is 0 Å². The number of nitrogens with zero attached hydrogens (tertiary/aromatic N) is 3. The quantitative estimate of drug-likeness (QED) is 0.666. The van der Waals surface area contributed by atoms with Crippen molar-refractivity contribution in [2.45, 2.75) is 13.5 Å². The Balaban J connectivity index is 1.62. The predicted molar refractivity (Wildman–Crippen MR) is 97.2 cm³/mol. The fourth-order valence-electron chi connectivity index (χ4n) is 2.25. The van der Waals surface area contributed by atoms with Gasteiger partial charge in [-0.3, -0.25) is 14.6 Å². The summed E-state index contributed by atoms with van der Waals surface area (Å²) in [5.74, 6) is 0.154. The number of ketones is 1. The molecule has 0 saturated carbocycles. The maximum Gasteiger partial charge on any atom is 0.271 e. The summed E-state index contributed by atoms with van der Waals surface area (Å²) in [6.45, 7) is 1.88. The molecule has 0 spiro atoms. The second kappa shape index (κ2) is 7.98. The van der Waals surface area contributed by atoms with Gasteiger partial charge in [-0.25, -0.2) is 9.97 Å². The average molecular weight is 347 g/mol. The number of benzene rings is 1. The molecule has 3 rings (SSSR count). The normalized spacial score (nSPS) is 10.2. The summed E-state index contributed by atoms with van der Waals surface area (Å²) in [6.07, 6.45) is 6.23. The number of hydrogen-bond acceptors (Lipinski definition) is 6. The van der Waals surface area contributed by atoms with Crippen LogP contribution in [-0.4, -0.2) is 26.6 Å². The van der Waals surface area contributed by atoms with Gasteiger partial charge in [0.25, 0.3) is 5.91 Å². The lowest BCUT2D eigenvalue weighted by molar-refractivity contribution is 0.0944. The summed E-state index contributed by atoms with van der Waals surface area (Å²) in [6, 6.07) is 10.8. The topological polar surface area (TPSA) is 96.9 Å². The van der Waals surface area contributed by atoms with E-state index in [1.54, 1.807) is 30.6 Å². The monoisotopic (exact) mass is 347 g/mol. The number of anilines is 2. The van der Waals surface area contributed by atoms with E-state index >= 15 is 0 Å². The highest BCUT2D eigenvalue weighted by atomic mass is 16.1. The number of rotatable bonds is 6. The van der Waals surface area contributed by atoms with E-state index in [9.17, 15) is 9.59 Å². The molecule has 0 aliphatic rings. The first-order valence-corrected chi connectivity index (χ1v) is 7.99. The molecule has 3 aromatic rings. The zero-order valence-electron chi connectivity index (χ0n) is 14.1. The molecule has 26 heavy (non-hydrogen) atoms. The molecule has 130 valence electrons. The second-order valence-corrected chi connectivity index (χ2v) is 5.59. The van der Waals surface area contributed by atoms with Crippen LogP contribution < -0.4 is 10.6 Å². The van der Waals surface area contributed by atoms with E-state index in [-0.39, 0.29) is 17.4 Å². The molecule has 1 aromatic carbocycles. The largest absolute Gasteiger partial charge is 0.347 e. The molecule has 7 heteroatoms. The Hall–Kier alpha value is -3.61. The van der Waals surface area contributed by atoms with Crippen molar-refractivity contribution in [1.82, 2.24) is 20.3 Å². The van der Waals surface area contributed by atoms with Crippen LogP contribution in [0.4, 0.5) is 11.5 Å². The first-order chi connectivity index (χ1) is 12.6.